The summed E-state index contributed by atoms with van der Waals surface area (Å²) in [5.74, 6) is 1.17. The van der Waals surface area contributed by atoms with Crippen LogP contribution in [-0.4, -0.2) is 29.0 Å². The Morgan fingerprint density at radius 1 is 1.24 bits per heavy atom. The second-order valence-electron chi connectivity index (χ2n) is 3.87. The van der Waals surface area contributed by atoms with Crippen molar-refractivity contribution >= 4 is 11.7 Å². The van der Waals surface area contributed by atoms with Crippen LogP contribution in [0.1, 0.15) is 43.0 Å². The van der Waals surface area contributed by atoms with Crippen LogP contribution < -0.4 is 10.6 Å². The van der Waals surface area contributed by atoms with E-state index in [0.717, 1.165) is 19.4 Å². The number of aryl methyl sites for hydroxylation is 1. The molecular formula is C12H20N4O. The molecule has 0 aliphatic rings. The van der Waals surface area contributed by atoms with E-state index in [0.29, 0.717) is 23.9 Å². The van der Waals surface area contributed by atoms with Gasteiger partial charge in [0.25, 0.3) is 5.91 Å². The maximum atomic E-state index is 11.8. The number of nitrogens with zero attached hydrogens (tertiary/aromatic N) is 2. The van der Waals surface area contributed by atoms with E-state index in [9.17, 15) is 4.79 Å². The number of carbonyl (C=O) groups is 1. The van der Waals surface area contributed by atoms with Crippen LogP contribution in [0.4, 0.5) is 5.82 Å². The van der Waals surface area contributed by atoms with E-state index in [1.165, 1.54) is 0 Å². The molecule has 0 radical (unpaired) electrons. The molecule has 0 aromatic carbocycles. The van der Waals surface area contributed by atoms with E-state index in [1.807, 2.05) is 6.92 Å². The third-order valence-corrected chi connectivity index (χ3v) is 2.16. The van der Waals surface area contributed by atoms with Gasteiger partial charge in [-0.1, -0.05) is 13.8 Å². The topological polar surface area (TPSA) is 66.9 Å². The van der Waals surface area contributed by atoms with Crippen LogP contribution in [0.25, 0.3) is 0 Å². The lowest BCUT2D eigenvalue weighted by atomic mass is 10.3. The Hall–Kier alpha value is -1.65. The predicted octanol–water partition coefficient (Wildman–Crippen LogP) is 1.75. The van der Waals surface area contributed by atoms with Crippen molar-refractivity contribution in [1.82, 2.24) is 15.3 Å². The van der Waals surface area contributed by atoms with Crippen LogP contribution in [0.3, 0.4) is 0 Å². The molecule has 0 saturated carbocycles. The van der Waals surface area contributed by atoms with Crippen molar-refractivity contribution in [2.45, 2.75) is 33.6 Å². The molecule has 17 heavy (non-hydrogen) atoms. The number of carbonyl (C=O) groups excluding carboxylic acids is 1. The lowest BCUT2D eigenvalue weighted by Crippen LogP contribution is -2.25. The molecule has 0 aliphatic heterocycles. The fourth-order valence-electron chi connectivity index (χ4n) is 1.36. The van der Waals surface area contributed by atoms with Crippen LogP contribution >= 0.6 is 0 Å². The molecule has 5 heteroatoms. The van der Waals surface area contributed by atoms with Gasteiger partial charge in [-0.05, 0) is 19.8 Å². The third kappa shape index (κ3) is 4.38. The predicted molar refractivity (Wildman–Crippen MR) is 68.2 cm³/mol. The zero-order valence-electron chi connectivity index (χ0n) is 10.7. The molecule has 1 aromatic rings. The molecule has 0 aliphatic carbocycles. The largest absolute Gasteiger partial charge is 0.370 e. The zero-order chi connectivity index (χ0) is 12.7. The number of hydrogen-bond donors (Lipinski definition) is 2. The van der Waals surface area contributed by atoms with Gasteiger partial charge in [-0.2, -0.15) is 0 Å². The summed E-state index contributed by atoms with van der Waals surface area (Å²) in [6, 6.07) is 1.69. The number of rotatable bonds is 6. The van der Waals surface area contributed by atoms with Crippen molar-refractivity contribution in [3.05, 3.63) is 17.6 Å². The van der Waals surface area contributed by atoms with Crippen molar-refractivity contribution in [2.24, 2.45) is 0 Å². The van der Waals surface area contributed by atoms with Crippen LogP contribution in [0.2, 0.25) is 0 Å². The SMILES string of the molecule is CCCNC(=O)c1cc(NCCC)nc(C)n1. The van der Waals surface area contributed by atoms with Gasteiger partial charge in [-0.3, -0.25) is 4.79 Å². The minimum Gasteiger partial charge on any atom is -0.370 e. The average molecular weight is 236 g/mol. The first-order valence-corrected chi connectivity index (χ1v) is 6.05. The maximum absolute atomic E-state index is 11.8. The highest BCUT2D eigenvalue weighted by molar-refractivity contribution is 5.92. The number of hydrogen-bond acceptors (Lipinski definition) is 4. The van der Waals surface area contributed by atoms with Crippen molar-refractivity contribution in [3.63, 3.8) is 0 Å². The van der Waals surface area contributed by atoms with Crippen molar-refractivity contribution in [1.29, 1.82) is 0 Å². The first kappa shape index (κ1) is 13.4. The Balaban J connectivity index is 2.77. The van der Waals surface area contributed by atoms with E-state index in [1.54, 1.807) is 13.0 Å². The van der Waals surface area contributed by atoms with Gasteiger partial charge in [-0.25, -0.2) is 9.97 Å². The van der Waals surface area contributed by atoms with E-state index in [-0.39, 0.29) is 5.91 Å². The molecule has 0 spiro atoms. The highest BCUT2D eigenvalue weighted by Gasteiger charge is 2.09. The minimum absolute atomic E-state index is 0.142. The van der Waals surface area contributed by atoms with Crippen LogP contribution in [0.15, 0.2) is 6.07 Å². The van der Waals surface area contributed by atoms with Crippen LogP contribution in [-0.2, 0) is 0 Å². The minimum atomic E-state index is -0.142. The molecule has 0 atom stereocenters. The van der Waals surface area contributed by atoms with Gasteiger partial charge < -0.3 is 10.6 Å². The summed E-state index contributed by atoms with van der Waals surface area (Å²) in [6.07, 6.45) is 1.93. The Labute approximate surface area is 102 Å². The van der Waals surface area contributed by atoms with E-state index < -0.39 is 0 Å². The van der Waals surface area contributed by atoms with Gasteiger partial charge in [0, 0.05) is 19.2 Å². The lowest BCUT2D eigenvalue weighted by molar-refractivity contribution is 0.0948. The molecule has 5 nitrogen and oxygen atoms in total. The Morgan fingerprint density at radius 3 is 2.59 bits per heavy atom. The second kappa shape index (κ2) is 6.83. The zero-order valence-corrected chi connectivity index (χ0v) is 10.7. The third-order valence-electron chi connectivity index (χ3n) is 2.16. The normalized spacial score (nSPS) is 10.1. The Morgan fingerprint density at radius 2 is 1.94 bits per heavy atom. The summed E-state index contributed by atoms with van der Waals surface area (Å²) >= 11 is 0. The molecule has 0 saturated heterocycles. The van der Waals surface area contributed by atoms with Gasteiger partial charge >= 0.3 is 0 Å². The highest BCUT2D eigenvalue weighted by atomic mass is 16.1. The van der Waals surface area contributed by atoms with E-state index in [2.05, 4.69) is 27.5 Å². The standard InChI is InChI=1S/C12H20N4O/c1-4-6-13-11-8-10(15-9(3)16-11)12(17)14-7-5-2/h8H,4-7H2,1-3H3,(H,14,17)(H,13,15,16). The van der Waals surface area contributed by atoms with Crippen LogP contribution in [0, 0.1) is 6.92 Å². The fourth-order valence-corrected chi connectivity index (χ4v) is 1.36. The van der Waals surface area contributed by atoms with Gasteiger partial charge in [0.15, 0.2) is 0 Å². The maximum Gasteiger partial charge on any atom is 0.270 e. The number of amides is 1. The Bertz CT molecular complexity index is 379. The van der Waals surface area contributed by atoms with Gasteiger partial charge in [0.1, 0.15) is 17.3 Å². The van der Waals surface area contributed by atoms with Gasteiger partial charge in [0.2, 0.25) is 0 Å². The van der Waals surface area contributed by atoms with Crippen molar-refractivity contribution < 1.29 is 4.79 Å². The molecular weight excluding hydrogens is 216 g/mol. The van der Waals surface area contributed by atoms with Gasteiger partial charge in [-0.15, -0.1) is 0 Å². The summed E-state index contributed by atoms with van der Waals surface area (Å²) in [6.45, 7) is 7.38. The Kier molecular flexibility index (Phi) is 5.39. The molecule has 94 valence electrons. The molecule has 1 rings (SSSR count). The molecule has 2 N–H and O–H groups in total. The summed E-state index contributed by atoms with van der Waals surface area (Å²) in [5, 5.41) is 5.96. The summed E-state index contributed by atoms with van der Waals surface area (Å²) in [7, 11) is 0. The monoisotopic (exact) mass is 236 g/mol. The number of anilines is 1. The van der Waals surface area contributed by atoms with E-state index in [4.69, 9.17) is 0 Å². The number of aromatic nitrogens is 2. The second-order valence-corrected chi connectivity index (χ2v) is 3.87. The molecule has 0 fully saturated rings. The molecule has 1 heterocycles. The van der Waals surface area contributed by atoms with Crippen molar-refractivity contribution in [2.75, 3.05) is 18.4 Å². The molecule has 1 aromatic heterocycles. The van der Waals surface area contributed by atoms with Gasteiger partial charge in [0.05, 0.1) is 0 Å². The number of nitrogens with one attached hydrogen (secondary N) is 2. The first-order chi connectivity index (χ1) is 8.17. The first-order valence-electron chi connectivity index (χ1n) is 6.05. The smallest absolute Gasteiger partial charge is 0.270 e. The summed E-state index contributed by atoms with van der Waals surface area (Å²) < 4.78 is 0. The summed E-state index contributed by atoms with van der Waals surface area (Å²) in [5.41, 5.74) is 0.421. The molecule has 1 amide bonds. The lowest BCUT2D eigenvalue weighted by Gasteiger charge is -2.07. The van der Waals surface area contributed by atoms with Crippen molar-refractivity contribution in [3.8, 4) is 0 Å². The highest BCUT2D eigenvalue weighted by Crippen LogP contribution is 2.06. The van der Waals surface area contributed by atoms with E-state index >= 15 is 0 Å². The summed E-state index contributed by atoms with van der Waals surface area (Å²) in [4.78, 5) is 20.1. The van der Waals surface area contributed by atoms with Crippen LogP contribution in [0.5, 0.6) is 0 Å². The average Bonchev–Trinajstić information content (AvgIpc) is 2.32. The molecule has 0 unspecified atom stereocenters. The fraction of sp³-hybridized carbons (Fsp3) is 0.583. The quantitative estimate of drug-likeness (QED) is 0.789. The molecule has 0 bridgehead atoms.